The first kappa shape index (κ1) is 17.4. The minimum Gasteiger partial charge on any atom is -0.351 e. The van der Waals surface area contributed by atoms with Gasteiger partial charge in [0.2, 0.25) is 5.91 Å². The Morgan fingerprint density at radius 2 is 2.00 bits per heavy atom. The fourth-order valence-corrected chi connectivity index (χ4v) is 3.34. The number of urea groups is 1. The Labute approximate surface area is 139 Å². The number of primary amides is 1. The number of likely N-dealkylation sites (tertiary alicyclic amines) is 1. The molecule has 23 heavy (non-hydrogen) atoms. The molecule has 0 saturated carbocycles. The topological polar surface area (TPSA) is 105 Å². The molecule has 1 saturated heterocycles. The second kappa shape index (κ2) is 8.07. The van der Waals surface area contributed by atoms with E-state index in [1.807, 2.05) is 19.1 Å². The summed E-state index contributed by atoms with van der Waals surface area (Å²) in [6.07, 6.45) is 1.95. The molecule has 4 amide bonds. The summed E-state index contributed by atoms with van der Waals surface area (Å²) in [5.74, 6) is -0.372. The van der Waals surface area contributed by atoms with Crippen LogP contribution in [0.2, 0.25) is 0 Å². The Kier molecular flexibility index (Phi) is 6.12. The van der Waals surface area contributed by atoms with Gasteiger partial charge in [-0.05, 0) is 31.9 Å². The molecular weight excluding hydrogens is 316 g/mol. The van der Waals surface area contributed by atoms with E-state index in [0.29, 0.717) is 6.54 Å². The molecule has 0 atom stereocenters. The van der Waals surface area contributed by atoms with Crippen LogP contribution in [0.5, 0.6) is 0 Å². The number of rotatable bonds is 5. The first-order valence-corrected chi connectivity index (χ1v) is 8.44. The lowest BCUT2D eigenvalue weighted by Crippen LogP contribution is -2.45. The van der Waals surface area contributed by atoms with Crippen molar-refractivity contribution < 1.29 is 14.4 Å². The molecule has 1 aromatic heterocycles. The molecule has 1 aliphatic heterocycles. The molecule has 0 spiro atoms. The number of nitrogens with one attached hydrogen (secondary N) is 2. The molecule has 0 aromatic carbocycles. The van der Waals surface area contributed by atoms with Gasteiger partial charge in [-0.25, -0.2) is 4.79 Å². The monoisotopic (exact) mass is 338 g/mol. The van der Waals surface area contributed by atoms with Gasteiger partial charge in [-0.15, -0.1) is 11.3 Å². The van der Waals surface area contributed by atoms with Crippen LogP contribution in [0.3, 0.4) is 0 Å². The second-order valence-electron chi connectivity index (χ2n) is 5.66. The summed E-state index contributed by atoms with van der Waals surface area (Å²) in [6, 6.07) is 3.14. The number of aryl methyl sites for hydroxylation is 1. The third-order valence-corrected chi connectivity index (χ3v) is 4.80. The predicted octanol–water partition coefficient (Wildman–Crippen LogP) is 0.836. The molecule has 0 radical (unpaired) electrons. The average Bonchev–Trinajstić information content (AvgIpc) is 2.92. The van der Waals surface area contributed by atoms with E-state index < -0.39 is 6.03 Å². The Hall–Kier alpha value is -1.93. The summed E-state index contributed by atoms with van der Waals surface area (Å²) in [5, 5.41) is 5.12. The molecule has 0 bridgehead atoms. The fraction of sp³-hybridized carbons (Fsp3) is 0.533. The molecule has 4 N–H and O–H groups in total. The van der Waals surface area contributed by atoms with E-state index in [-0.39, 0.29) is 24.3 Å². The fourth-order valence-electron chi connectivity index (χ4n) is 2.57. The molecular formula is C15H22N4O3S. The largest absolute Gasteiger partial charge is 0.351 e. The summed E-state index contributed by atoms with van der Waals surface area (Å²) in [4.78, 5) is 38.1. The van der Waals surface area contributed by atoms with Gasteiger partial charge in [0.1, 0.15) is 0 Å². The van der Waals surface area contributed by atoms with Crippen molar-refractivity contribution in [1.82, 2.24) is 15.5 Å². The highest BCUT2D eigenvalue weighted by Gasteiger charge is 2.22. The maximum absolute atomic E-state index is 12.1. The Bertz CT molecular complexity index is 579. The molecule has 7 nitrogen and oxygen atoms in total. The smallest absolute Gasteiger partial charge is 0.318 e. The maximum atomic E-state index is 12.1. The molecule has 1 aliphatic rings. The van der Waals surface area contributed by atoms with E-state index in [2.05, 4.69) is 15.5 Å². The minimum atomic E-state index is -0.819. The third kappa shape index (κ3) is 5.65. The van der Waals surface area contributed by atoms with E-state index in [0.717, 1.165) is 35.7 Å². The van der Waals surface area contributed by atoms with E-state index in [9.17, 15) is 14.4 Å². The van der Waals surface area contributed by atoms with Gasteiger partial charge in [-0.2, -0.15) is 0 Å². The van der Waals surface area contributed by atoms with Crippen LogP contribution < -0.4 is 16.4 Å². The third-order valence-electron chi connectivity index (χ3n) is 3.80. The average molecular weight is 338 g/mol. The Balaban J connectivity index is 1.68. The molecule has 2 rings (SSSR count). The van der Waals surface area contributed by atoms with Crippen molar-refractivity contribution in [3.05, 3.63) is 21.9 Å². The number of thiophene rings is 1. The Morgan fingerprint density at radius 1 is 1.30 bits per heavy atom. The predicted molar refractivity (Wildman–Crippen MR) is 88.3 cm³/mol. The van der Waals surface area contributed by atoms with Gasteiger partial charge in [-0.3, -0.25) is 14.9 Å². The van der Waals surface area contributed by atoms with Crippen molar-refractivity contribution >= 4 is 29.2 Å². The number of hydrogen-bond acceptors (Lipinski definition) is 5. The lowest BCUT2D eigenvalue weighted by molar-refractivity contribution is -0.120. The van der Waals surface area contributed by atoms with Crippen molar-refractivity contribution in [2.75, 3.05) is 19.6 Å². The van der Waals surface area contributed by atoms with Crippen molar-refractivity contribution in [2.45, 2.75) is 32.2 Å². The first-order valence-electron chi connectivity index (χ1n) is 7.63. The van der Waals surface area contributed by atoms with Crippen LogP contribution in [0, 0.1) is 6.92 Å². The van der Waals surface area contributed by atoms with Crippen LogP contribution in [0.4, 0.5) is 4.79 Å². The number of imide groups is 1. The highest BCUT2D eigenvalue weighted by atomic mass is 32.1. The molecule has 1 aromatic rings. The van der Waals surface area contributed by atoms with E-state index in [1.165, 1.54) is 11.3 Å². The van der Waals surface area contributed by atoms with Crippen LogP contribution in [0.1, 0.15) is 33.8 Å². The summed E-state index contributed by atoms with van der Waals surface area (Å²) in [5.41, 5.74) is 4.89. The van der Waals surface area contributed by atoms with Gasteiger partial charge in [0, 0.05) is 37.0 Å². The number of carbonyl (C=O) groups is 3. The lowest BCUT2D eigenvalue weighted by atomic mass is 10.0. The number of nitrogens with two attached hydrogens (primary N) is 1. The SMILES string of the molecule is Cc1ccc(C(=O)NC2CCN(CCC(=O)NC(N)=O)CC2)s1. The number of hydrogen-bond donors (Lipinski definition) is 3. The second-order valence-corrected chi connectivity index (χ2v) is 6.95. The van der Waals surface area contributed by atoms with Crippen molar-refractivity contribution in [3.8, 4) is 0 Å². The molecule has 0 unspecified atom stereocenters. The highest BCUT2D eigenvalue weighted by molar-refractivity contribution is 7.13. The normalized spacial score (nSPS) is 16.0. The van der Waals surface area contributed by atoms with Gasteiger partial charge in [0.05, 0.1) is 4.88 Å². The summed E-state index contributed by atoms with van der Waals surface area (Å²) in [6.45, 7) is 4.20. The lowest BCUT2D eigenvalue weighted by Gasteiger charge is -2.32. The summed E-state index contributed by atoms with van der Waals surface area (Å²) < 4.78 is 0. The maximum Gasteiger partial charge on any atom is 0.318 e. The summed E-state index contributed by atoms with van der Waals surface area (Å²) in [7, 11) is 0. The molecule has 0 aliphatic carbocycles. The molecule has 2 heterocycles. The zero-order valence-electron chi connectivity index (χ0n) is 13.1. The number of carbonyl (C=O) groups excluding carboxylic acids is 3. The first-order chi connectivity index (χ1) is 10.9. The van der Waals surface area contributed by atoms with Gasteiger partial charge in [0.25, 0.3) is 5.91 Å². The zero-order valence-corrected chi connectivity index (χ0v) is 13.9. The van der Waals surface area contributed by atoms with Gasteiger partial charge >= 0.3 is 6.03 Å². The minimum absolute atomic E-state index is 0.0117. The van der Waals surface area contributed by atoms with Crippen LogP contribution >= 0.6 is 11.3 Å². The quantitative estimate of drug-likeness (QED) is 0.740. The number of nitrogens with zero attached hydrogens (tertiary/aromatic N) is 1. The van der Waals surface area contributed by atoms with Gasteiger partial charge < -0.3 is 16.0 Å². The van der Waals surface area contributed by atoms with Crippen molar-refractivity contribution in [2.24, 2.45) is 5.73 Å². The molecule has 126 valence electrons. The standard InChI is InChI=1S/C15H22N4O3S/c1-10-2-3-12(23-10)14(21)17-11-4-7-19(8-5-11)9-6-13(20)18-15(16)22/h2-3,11H,4-9H2,1H3,(H,17,21)(H3,16,18,20,22). The van der Waals surface area contributed by atoms with Gasteiger partial charge in [0.15, 0.2) is 0 Å². The Morgan fingerprint density at radius 3 is 2.57 bits per heavy atom. The summed E-state index contributed by atoms with van der Waals surface area (Å²) >= 11 is 1.50. The van der Waals surface area contributed by atoms with Crippen molar-refractivity contribution in [3.63, 3.8) is 0 Å². The van der Waals surface area contributed by atoms with Gasteiger partial charge in [-0.1, -0.05) is 0 Å². The van der Waals surface area contributed by atoms with Crippen LogP contribution in [-0.4, -0.2) is 48.4 Å². The van der Waals surface area contributed by atoms with E-state index in [4.69, 9.17) is 5.73 Å². The zero-order chi connectivity index (χ0) is 16.8. The van der Waals surface area contributed by atoms with E-state index >= 15 is 0 Å². The number of piperidine rings is 1. The van der Waals surface area contributed by atoms with Crippen molar-refractivity contribution in [1.29, 1.82) is 0 Å². The van der Waals surface area contributed by atoms with Crippen LogP contribution in [-0.2, 0) is 4.79 Å². The molecule has 1 fully saturated rings. The van der Waals surface area contributed by atoms with Crippen LogP contribution in [0.15, 0.2) is 12.1 Å². The number of amides is 4. The van der Waals surface area contributed by atoms with E-state index in [1.54, 1.807) is 0 Å². The highest BCUT2D eigenvalue weighted by Crippen LogP contribution is 2.16. The van der Waals surface area contributed by atoms with Crippen LogP contribution in [0.25, 0.3) is 0 Å². The molecule has 8 heteroatoms.